The lowest BCUT2D eigenvalue weighted by molar-refractivity contribution is 0.375. The standard InChI is InChI=1S/C14H20Cl2N2O2S/c1-14(2)4-5-18(9-14)21(19,20)12-7-11(15)6-10(8-17-3)13(12)16/h6-7,17H,4-5,8-9H2,1-3H3. The highest BCUT2D eigenvalue weighted by Gasteiger charge is 2.38. The molecule has 0 radical (unpaired) electrons. The molecule has 0 unspecified atom stereocenters. The predicted octanol–water partition coefficient (Wildman–Crippen LogP) is 3.13. The van der Waals surface area contributed by atoms with E-state index in [1.165, 1.54) is 10.4 Å². The van der Waals surface area contributed by atoms with Crippen LogP contribution in [-0.2, 0) is 16.6 Å². The molecule has 1 aliphatic heterocycles. The Morgan fingerprint density at radius 1 is 1.33 bits per heavy atom. The Morgan fingerprint density at radius 2 is 2.00 bits per heavy atom. The molecule has 0 atom stereocenters. The van der Waals surface area contributed by atoms with Crippen LogP contribution in [0.4, 0.5) is 0 Å². The number of benzene rings is 1. The first-order valence-electron chi connectivity index (χ1n) is 6.80. The van der Waals surface area contributed by atoms with Gasteiger partial charge in [-0.05, 0) is 36.6 Å². The Hall–Kier alpha value is -0.330. The van der Waals surface area contributed by atoms with E-state index >= 15 is 0 Å². The van der Waals surface area contributed by atoms with Gasteiger partial charge in [-0.2, -0.15) is 4.31 Å². The van der Waals surface area contributed by atoms with Crippen molar-refractivity contribution < 1.29 is 8.42 Å². The molecule has 7 heteroatoms. The minimum absolute atomic E-state index is 0.00801. The number of rotatable bonds is 4. The number of sulfonamides is 1. The van der Waals surface area contributed by atoms with Crippen molar-refractivity contribution in [2.75, 3.05) is 20.1 Å². The quantitative estimate of drug-likeness (QED) is 0.907. The number of nitrogens with zero attached hydrogens (tertiary/aromatic N) is 1. The third-order valence-electron chi connectivity index (χ3n) is 3.71. The van der Waals surface area contributed by atoms with E-state index in [2.05, 4.69) is 19.2 Å². The van der Waals surface area contributed by atoms with Gasteiger partial charge in [-0.15, -0.1) is 0 Å². The van der Waals surface area contributed by atoms with Gasteiger partial charge in [-0.1, -0.05) is 37.0 Å². The Morgan fingerprint density at radius 3 is 2.52 bits per heavy atom. The fourth-order valence-electron chi connectivity index (χ4n) is 2.53. The van der Waals surface area contributed by atoms with Crippen molar-refractivity contribution in [2.45, 2.75) is 31.7 Å². The van der Waals surface area contributed by atoms with Crippen LogP contribution in [0.15, 0.2) is 17.0 Å². The zero-order valence-corrected chi connectivity index (χ0v) is 14.7. The molecule has 2 rings (SSSR count). The largest absolute Gasteiger partial charge is 0.316 e. The van der Waals surface area contributed by atoms with E-state index in [9.17, 15) is 8.42 Å². The molecule has 21 heavy (non-hydrogen) atoms. The molecule has 0 bridgehead atoms. The number of hydrogen-bond donors (Lipinski definition) is 1. The van der Waals surface area contributed by atoms with E-state index in [0.717, 1.165) is 6.42 Å². The second-order valence-electron chi connectivity index (χ2n) is 6.16. The molecule has 0 saturated carbocycles. The zero-order chi connectivity index (χ0) is 15.8. The molecule has 1 aromatic carbocycles. The second kappa shape index (κ2) is 6.05. The van der Waals surface area contributed by atoms with Crippen molar-refractivity contribution in [2.24, 2.45) is 5.41 Å². The number of nitrogens with one attached hydrogen (secondary N) is 1. The molecule has 4 nitrogen and oxygen atoms in total. The Labute approximate surface area is 136 Å². The van der Waals surface area contributed by atoms with Crippen molar-refractivity contribution in [3.63, 3.8) is 0 Å². The van der Waals surface area contributed by atoms with E-state index in [1.807, 2.05) is 0 Å². The first-order chi connectivity index (χ1) is 9.67. The van der Waals surface area contributed by atoms with Crippen LogP contribution in [0.5, 0.6) is 0 Å². The maximum atomic E-state index is 12.8. The van der Waals surface area contributed by atoms with E-state index in [-0.39, 0.29) is 15.3 Å². The van der Waals surface area contributed by atoms with E-state index < -0.39 is 10.0 Å². The molecule has 1 aliphatic rings. The Kier molecular flexibility index (Phi) is 4.90. The SMILES string of the molecule is CNCc1cc(Cl)cc(S(=O)(=O)N2CCC(C)(C)C2)c1Cl. The monoisotopic (exact) mass is 350 g/mol. The molecule has 1 fully saturated rings. The highest BCUT2D eigenvalue weighted by atomic mass is 35.5. The summed E-state index contributed by atoms with van der Waals surface area (Å²) < 4.78 is 27.1. The second-order valence-corrected chi connectivity index (χ2v) is 8.88. The minimum atomic E-state index is -3.61. The topological polar surface area (TPSA) is 49.4 Å². The molecule has 1 saturated heterocycles. The van der Waals surface area contributed by atoms with Gasteiger partial charge >= 0.3 is 0 Å². The lowest BCUT2D eigenvalue weighted by atomic mass is 9.93. The molecule has 0 spiro atoms. The van der Waals surface area contributed by atoms with Crippen LogP contribution in [0.25, 0.3) is 0 Å². The van der Waals surface area contributed by atoms with E-state index in [1.54, 1.807) is 13.1 Å². The highest BCUT2D eigenvalue weighted by Crippen LogP contribution is 2.36. The van der Waals surface area contributed by atoms with Gasteiger partial charge in [0, 0.05) is 24.7 Å². The third-order valence-corrected chi connectivity index (χ3v) is 6.35. The molecule has 0 aliphatic carbocycles. The summed E-state index contributed by atoms with van der Waals surface area (Å²) in [6.45, 7) is 5.61. The van der Waals surface area contributed by atoms with Crippen molar-refractivity contribution in [3.8, 4) is 0 Å². The van der Waals surface area contributed by atoms with Crippen LogP contribution < -0.4 is 5.32 Å². The van der Waals surface area contributed by atoms with Gasteiger partial charge in [0.2, 0.25) is 10.0 Å². The van der Waals surface area contributed by atoms with Crippen LogP contribution in [0.3, 0.4) is 0 Å². The van der Waals surface area contributed by atoms with Gasteiger partial charge in [-0.3, -0.25) is 0 Å². The summed E-state index contributed by atoms with van der Waals surface area (Å²) in [4.78, 5) is 0.0969. The molecule has 1 aromatic rings. The van der Waals surface area contributed by atoms with Gasteiger partial charge in [-0.25, -0.2) is 8.42 Å². The van der Waals surface area contributed by atoms with E-state index in [0.29, 0.717) is 30.2 Å². The van der Waals surface area contributed by atoms with E-state index in [4.69, 9.17) is 23.2 Å². The van der Waals surface area contributed by atoms with Gasteiger partial charge in [0.05, 0.1) is 5.02 Å². The van der Waals surface area contributed by atoms with Crippen molar-refractivity contribution in [3.05, 3.63) is 27.7 Å². The molecular formula is C14H20Cl2N2O2S. The van der Waals surface area contributed by atoms with Crippen LogP contribution >= 0.6 is 23.2 Å². The Balaban J connectivity index is 2.45. The van der Waals surface area contributed by atoms with Crippen LogP contribution in [0.2, 0.25) is 10.0 Å². The predicted molar refractivity (Wildman–Crippen MR) is 86.4 cm³/mol. The summed E-state index contributed by atoms with van der Waals surface area (Å²) in [5, 5.41) is 3.59. The smallest absolute Gasteiger partial charge is 0.244 e. The van der Waals surface area contributed by atoms with Gasteiger partial charge in [0.15, 0.2) is 0 Å². The summed E-state index contributed by atoms with van der Waals surface area (Å²) in [5.41, 5.74) is 0.676. The van der Waals surface area contributed by atoms with Gasteiger partial charge < -0.3 is 5.32 Å². The van der Waals surface area contributed by atoms with Crippen LogP contribution in [0, 0.1) is 5.41 Å². The van der Waals surface area contributed by atoms with Crippen LogP contribution in [-0.4, -0.2) is 32.9 Å². The number of hydrogen-bond acceptors (Lipinski definition) is 3. The van der Waals surface area contributed by atoms with Gasteiger partial charge in [0.1, 0.15) is 4.90 Å². The molecule has 0 amide bonds. The van der Waals surface area contributed by atoms with Crippen molar-refractivity contribution in [1.29, 1.82) is 0 Å². The zero-order valence-electron chi connectivity index (χ0n) is 12.4. The average Bonchev–Trinajstić information content (AvgIpc) is 2.74. The first kappa shape index (κ1) is 17.0. The fraction of sp³-hybridized carbons (Fsp3) is 0.571. The summed E-state index contributed by atoms with van der Waals surface area (Å²) in [5.74, 6) is 0. The van der Waals surface area contributed by atoms with Gasteiger partial charge in [0.25, 0.3) is 0 Å². The highest BCUT2D eigenvalue weighted by molar-refractivity contribution is 7.89. The van der Waals surface area contributed by atoms with Crippen LogP contribution in [0.1, 0.15) is 25.8 Å². The van der Waals surface area contributed by atoms with Crippen molar-refractivity contribution in [1.82, 2.24) is 9.62 Å². The van der Waals surface area contributed by atoms with Crippen molar-refractivity contribution >= 4 is 33.2 Å². The number of halogens is 2. The fourth-order valence-corrected chi connectivity index (χ4v) is 5.07. The molecular weight excluding hydrogens is 331 g/mol. The third kappa shape index (κ3) is 3.54. The Bertz CT molecular complexity index is 645. The normalized spacial score (nSPS) is 19.1. The summed E-state index contributed by atoms with van der Waals surface area (Å²) in [7, 11) is -1.84. The lowest BCUT2D eigenvalue weighted by Gasteiger charge is -2.21. The lowest BCUT2D eigenvalue weighted by Crippen LogP contribution is -2.30. The summed E-state index contributed by atoms with van der Waals surface area (Å²) in [6.07, 6.45) is 0.841. The molecule has 118 valence electrons. The average molecular weight is 351 g/mol. The summed E-state index contributed by atoms with van der Waals surface area (Å²) >= 11 is 12.3. The molecule has 0 aromatic heterocycles. The molecule has 1 heterocycles. The first-order valence-corrected chi connectivity index (χ1v) is 9.00. The maximum absolute atomic E-state index is 12.8. The maximum Gasteiger partial charge on any atom is 0.244 e. The summed E-state index contributed by atoms with van der Waals surface area (Å²) in [6, 6.07) is 3.12. The molecule has 1 N–H and O–H groups in total. The minimum Gasteiger partial charge on any atom is -0.316 e.